The van der Waals surface area contributed by atoms with Crippen LogP contribution in [0.4, 0.5) is 0 Å². The molecular weight excluding hydrogens is 262 g/mol. The highest BCUT2D eigenvalue weighted by molar-refractivity contribution is 5.81. The molecule has 1 aromatic heterocycles. The van der Waals surface area contributed by atoms with E-state index in [-0.39, 0.29) is 0 Å². The van der Waals surface area contributed by atoms with E-state index in [4.69, 9.17) is 4.74 Å². The molecular formula is C18H25NO2. The van der Waals surface area contributed by atoms with Gasteiger partial charge in [-0.05, 0) is 36.8 Å². The van der Waals surface area contributed by atoms with E-state index >= 15 is 0 Å². The van der Waals surface area contributed by atoms with Crippen molar-refractivity contribution in [2.45, 2.75) is 52.0 Å². The third-order valence-corrected chi connectivity index (χ3v) is 3.89. The third kappa shape index (κ3) is 4.35. The highest BCUT2D eigenvalue weighted by Crippen LogP contribution is 2.22. The molecule has 2 aromatic rings. The maximum Gasteiger partial charge on any atom is 0.293 e. The molecule has 0 aliphatic heterocycles. The molecule has 0 fully saturated rings. The summed E-state index contributed by atoms with van der Waals surface area (Å²) >= 11 is 0. The average molecular weight is 287 g/mol. The Hall–Kier alpha value is -1.77. The van der Waals surface area contributed by atoms with Gasteiger partial charge in [-0.3, -0.25) is 4.79 Å². The average Bonchev–Trinajstić information content (AvgIpc) is 2.86. The Morgan fingerprint density at radius 3 is 2.81 bits per heavy atom. The van der Waals surface area contributed by atoms with Crippen LogP contribution in [-0.4, -0.2) is 17.6 Å². The largest absolute Gasteiger partial charge is 0.468 e. The number of rotatable bonds is 10. The van der Waals surface area contributed by atoms with Gasteiger partial charge in [0, 0.05) is 17.8 Å². The van der Waals surface area contributed by atoms with Crippen LogP contribution in [0.5, 0.6) is 0 Å². The SMILES string of the molecule is CCCCCCc1cc2ccccc2n1CCCOC=O. The number of ether oxygens (including phenoxy) is 1. The first-order valence-electron chi connectivity index (χ1n) is 7.99. The number of carbonyl (C=O) groups is 1. The molecule has 0 saturated carbocycles. The number of hydrogen-bond acceptors (Lipinski definition) is 2. The Kier molecular flexibility index (Phi) is 6.32. The molecule has 0 saturated heterocycles. The molecule has 0 unspecified atom stereocenters. The van der Waals surface area contributed by atoms with Crippen molar-refractivity contribution in [2.75, 3.05) is 6.61 Å². The monoisotopic (exact) mass is 287 g/mol. The van der Waals surface area contributed by atoms with Gasteiger partial charge >= 0.3 is 0 Å². The van der Waals surface area contributed by atoms with Crippen LogP contribution in [0.2, 0.25) is 0 Å². The number of aromatic nitrogens is 1. The van der Waals surface area contributed by atoms with Gasteiger partial charge in [-0.1, -0.05) is 44.4 Å². The fourth-order valence-electron chi connectivity index (χ4n) is 2.83. The molecule has 0 N–H and O–H groups in total. The summed E-state index contributed by atoms with van der Waals surface area (Å²) in [6, 6.07) is 10.8. The predicted molar refractivity (Wildman–Crippen MR) is 86.4 cm³/mol. The first kappa shape index (κ1) is 15.6. The van der Waals surface area contributed by atoms with Crippen molar-refractivity contribution >= 4 is 17.4 Å². The maximum absolute atomic E-state index is 10.2. The van der Waals surface area contributed by atoms with Gasteiger partial charge in [0.15, 0.2) is 0 Å². The van der Waals surface area contributed by atoms with Gasteiger partial charge < -0.3 is 9.30 Å². The quantitative estimate of drug-likeness (QED) is 0.481. The molecule has 0 atom stereocenters. The minimum absolute atomic E-state index is 0.491. The van der Waals surface area contributed by atoms with E-state index in [2.05, 4.69) is 41.8 Å². The summed E-state index contributed by atoms with van der Waals surface area (Å²) < 4.78 is 7.19. The number of fused-ring (bicyclic) bond motifs is 1. The minimum atomic E-state index is 0.491. The van der Waals surface area contributed by atoms with Crippen LogP contribution in [0.1, 0.15) is 44.7 Å². The molecule has 3 heteroatoms. The van der Waals surface area contributed by atoms with Crippen LogP contribution in [0.3, 0.4) is 0 Å². The van der Waals surface area contributed by atoms with Crippen LogP contribution in [0.25, 0.3) is 10.9 Å². The van der Waals surface area contributed by atoms with E-state index < -0.39 is 0 Å². The van der Waals surface area contributed by atoms with Crippen LogP contribution in [0.15, 0.2) is 30.3 Å². The van der Waals surface area contributed by atoms with Crippen molar-refractivity contribution in [1.29, 1.82) is 0 Å². The number of hydrogen-bond donors (Lipinski definition) is 0. The molecule has 0 aliphatic carbocycles. The molecule has 0 bridgehead atoms. The molecule has 2 rings (SSSR count). The molecule has 1 aromatic carbocycles. The van der Waals surface area contributed by atoms with Crippen LogP contribution >= 0.6 is 0 Å². The summed E-state index contributed by atoms with van der Waals surface area (Å²) in [7, 11) is 0. The Bertz CT molecular complexity index is 559. The second-order valence-corrected chi connectivity index (χ2v) is 5.48. The number of para-hydroxylation sites is 1. The van der Waals surface area contributed by atoms with Crippen LogP contribution in [-0.2, 0) is 22.5 Å². The lowest BCUT2D eigenvalue weighted by Crippen LogP contribution is -2.06. The third-order valence-electron chi connectivity index (χ3n) is 3.89. The van der Waals surface area contributed by atoms with E-state index in [1.807, 2.05) is 0 Å². The van der Waals surface area contributed by atoms with E-state index in [9.17, 15) is 4.79 Å². The van der Waals surface area contributed by atoms with Crippen molar-refractivity contribution in [2.24, 2.45) is 0 Å². The zero-order valence-electron chi connectivity index (χ0n) is 12.9. The second-order valence-electron chi connectivity index (χ2n) is 5.48. The lowest BCUT2D eigenvalue weighted by Gasteiger charge is -2.10. The molecule has 1 heterocycles. The fraction of sp³-hybridized carbons (Fsp3) is 0.500. The summed E-state index contributed by atoms with van der Waals surface area (Å²) in [5, 5.41) is 1.30. The topological polar surface area (TPSA) is 31.2 Å². The van der Waals surface area contributed by atoms with Crippen molar-refractivity contribution in [1.82, 2.24) is 4.57 Å². The highest BCUT2D eigenvalue weighted by Gasteiger charge is 2.08. The summed E-state index contributed by atoms with van der Waals surface area (Å²) in [6.45, 7) is 4.17. The van der Waals surface area contributed by atoms with Crippen LogP contribution < -0.4 is 0 Å². The molecule has 0 amide bonds. The number of carbonyl (C=O) groups excluding carboxylic acids is 1. The number of benzene rings is 1. The van der Waals surface area contributed by atoms with Crippen LogP contribution in [0, 0.1) is 0 Å². The van der Waals surface area contributed by atoms with Gasteiger partial charge in [-0.25, -0.2) is 0 Å². The number of nitrogens with zero attached hydrogens (tertiary/aromatic N) is 1. The Morgan fingerprint density at radius 2 is 2.00 bits per heavy atom. The first-order chi connectivity index (χ1) is 10.4. The smallest absolute Gasteiger partial charge is 0.293 e. The summed E-state index contributed by atoms with van der Waals surface area (Å²) in [5.41, 5.74) is 2.69. The zero-order valence-corrected chi connectivity index (χ0v) is 12.9. The van der Waals surface area contributed by atoms with Gasteiger partial charge in [-0.15, -0.1) is 0 Å². The first-order valence-corrected chi connectivity index (χ1v) is 7.99. The zero-order chi connectivity index (χ0) is 14.9. The molecule has 21 heavy (non-hydrogen) atoms. The van der Waals surface area contributed by atoms with E-state index in [0.29, 0.717) is 13.1 Å². The van der Waals surface area contributed by atoms with E-state index in [1.54, 1.807) is 0 Å². The standard InChI is InChI=1S/C18H25NO2/c1-2-3-4-5-10-17-14-16-9-6-7-11-18(16)19(17)12-8-13-21-15-20/h6-7,9,11,14-15H,2-5,8,10,12-13H2,1H3. The molecule has 114 valence electrons. The Balaban J connectivity index is 2.07. The van der Waals surface area contributed by atoms with Gasteiger partial charge in [0.1, 0.15) is 0 Å². The number of unbranched alkanes of at least 4 members (excludes halogenated alkanes) is 3. The molecule has 0 radical (unpaired) electrons. The Morgan fingerprint density at radius 1 is 1.14 bits per heavy atom. The summed E-state index contributed by atoms with van der Waals surface area (Å²) in [6.07, 6.45) is 7.11. The van der Waals surface area contributed by atoms with Gasteiger partial charge in [0.2, 0.25) is 0 Å². The van der Waals surface area contributed by atoms with E-state index in [0.717, 1.165) is 19.4 Å². The van der Waals surface area contributed by atoms with Crippen molar-refractivity contribution in [3.8, 4) is 0 Å². The lowest BCUT2D eigenvalue weighted by molar-refractivity contribution is -0.128. The Labute approximate surface area is 126 Å². The number of aryl methyl sites for hydroxylation is 2. The van der Waals surface area contributed by atoms with E-state index in [1.165, 1.54) is 42.3 Å². The predicted octanol–water partition coefficient (Wildman–Crippen LogP) is 4.33. The summed E-state index contributed by atoms with van der Waals surface area (Å²) in [4.78, 5) is 10.2. The highest BCUT2D eigenvalue weighted by atomic mass is 16.5. The molecule has 0 aliphatic rings. The normalized spacial score (nSPS) is 10.9. The van der Waals surface area contributed by atoms with Gasteiger partial charge in [0.05, 0.1) is 6.61 Å². The molecule has 0 spiro atoms. The maximum atomic E-state index is 10.2. The summed E-state index contributed by atoms with van der Waals surface area (Å²) in [5.74, 6) is 0. The van der Waals surface area contributed by atoms with Crippen molar-refractivity contribution in [3.05, 3.63) is 36.0 Å². The lowest BCUT2D eigenvalue weighted by atomic mass is 10.1. The van der Waals surface area contributed by atoms with Crippen molar-refractivity contribution < 1.29 is 9.53 Å². The van der Waals surface area contributed by atoms with Gasteiger partial charge in [0.25, 0.3) is 6.47 Å². The van der Waals surface area contributed by atoms with Crippen molar-refractivity contribution in [3.63, 3.8) is 0 Å². The second kappa shape index (κ2) is 8.50. The molecule has 3 nitrogen and oxygen atoms in total. The minimum Gasteiger partial charge on any atom is -0.468 e. The fourth-order valence-corrected chi connectivity index (χ4v) is 2.83. The van der Waals surface area contributed by atoms with Gasteiger partial charge in [-0.2, -0.15) is 0 Å².